The number of anilines is 1. The van der Waals surface area contributed by atoms with Crippen molar-refractivity contribution >= 4 is 45.6 Å². The Hall–Kier alpha value is -3.84. The summed E-state index contributed by atoms with van der Waals surface area (Å²) in [5, 5.41) is 9.18. The summed E-state index contributed by atoms with van der Waals surface area (Å²) in [6, 6.07) is 13.6. The van der Waals surface area contributed by atoms with Crippen molar-refractivity contribution in [2.75, 3.05) is 18.5 Å². The van der Waals surface area contributed by atoms with Crippen LogP contribution in [0.15, 0.2) is 64.5 Å². The van der Waals surface area contributed by atoms with Gasteiger partial charge in [-0.2, -0.15) is 5.10 Å². The van der Waals surface area contributed by atoms with Gasteiger partial charge in [0.1, 0.15) is 21.3 Å². The maximum absolute atomic E-state index is 12.8. The van der Waals surface area contributed by atoms with Crippen LogP contribution in [0, 0.1) is 0 Å². The summed E-state index contributed by atoms with van der Waals surface area (Å²) in [7, 11) is -4.47. The lowest BCUT2D eigenvalue weighted by Gasteiger charge is -2.12. The van der Waals surface area contributed by atoms with Crippen LogP contribution in [0.3, 0.4) is 0 Å². The van der Waals surface area contributed by atoms with Gasteiger partial charge in [-0.05, 0) is 31.5 Å². The van der Waals surface area contributed by atoms with Gasteiger partial charge in [-0.1, -0.05) is 54.2 Å². The Bertz CT molecular complexity index is 1340. The van der Waals surface area contributed by atoms with Crippen LogP contribution in [-0.4, -0.2) is 49.8 Å². The predicted molar refractivity (Wildman–Crippen MR) is 132 cm³/mol. The molecule has 3 N–H and O–H groups in total. The van der Waals surface area contributed by atoms with E-state index in [9.17, 15) is 22.8 Å². The van der Waals surface area contributed by atoms with Crippen LogP contribution in [0.25, 0.3) is 0 Å². The molecule has 0 atom stereocenters. The van der Waals surface area contributed by atoms with Gasteiger partial charge >= 0.3 is 18.0 Å². The number of carbonyl (C=O) groups excluding carboxylic acids is 3. The highest BCUT2D eigenvalue weighted by Crippen LogP contribution is 2.29. The second-order valence-corrected chi connectivity index (χ2v) is 9.66. The summed E-state index contributed by atoms with van der Waals surface area (Å²) < 4.78 is 37.5. The smallest absolute Gasteiger partial charge is 0.344 e. The molecule has 36 heavy (non-hydrogen) atoms. The van der Waals surface area contributed by atoms with Crippen LogP contribution in [0.5, 0.6) is 0 Å². The molecule has 13 heteroatoms. The van der Waals surface area contributed by atoms with Crippen molar-refractivity contribution in [3.63, 3.8) is 0 Å². The predicted octanol–water partition coefficient (Wildman–Crippen LogP) is 3.57. The minimum atomic E-state index is -4.47. The molecule has 11 nitrogen and oxygen atoms in total. The highest BCUT2D eigenvalue weighted by Gasteiger charge is 2.27. The maximum atomic E-state index is 12.8. The van der Waals surface area contributed by atoms with Crippen molar-refractivity contribution in [3.8, 4) is 0 Å². The van der Waals surface area contributed by atoms with Gasteiger partial charge in [0.15, 0.2) is 0 Å². The minimum absolute atomic E-state index is 0.0439. The fourth-order valence-corrected chi connectivity index (χ4v) is 5.07. The number of urea groups is 1. The van der Waals surface area contributed by atoms with Crippen LogP contribution in [0.4, 0.5) is 10.6 Å². The van der Waals surface area contributed by atoms with Crippen molar-refractivity contribution in [2.45, 2.75) is 29.5 Å². The second-order valence-electron chi connectivity index (χ2n) is 7.05. The zero-order valence-corrected chi connectivity index (χ0v) is 21.1. The molecule has 2 aromatic carbocycles. The van der Waals surface area contributed by atoms with Crippen molar-refractivity contribution in [3.05, 3.63) is 71.3 Å². The molecule has 0 radical (unpaired) electrons. The zero-order chi connectivity index (χ0) is 26.1. The van der Waals surface area contributed by atoms with Gasteiger partial charge in [0, 0.05) is 5.75 Å². The number of amides is 2. The Morgan fingerprint density at radius 2 is 1.58 bits per heavy atom. The SMILES string of the molecule is CCOC(=O)c1ccccc1S(=O)(=O)NC(=O)Nc1[nH]nc(SCc2ccccc2)c1C(=O)OCC. The third-order valence-corrected chi connectivity index (χ3v) is 7.00. The lowest BCUT2D eigenvalue weighted by Crippen LogP contribution is -2.35. The second kappa shape index (κ2) is 12.2. The topological polar surface area (TPSA) is 157 Å². The van der Waals surface area contributed by atoms with E-state index in [1.165, 1.54) is 36.0 Å². The third kappa shape index (κ3) is 6.64. The summed E-state index contributed by atoms with van der Waals surface area (Å²) >= 11 is 1.24. The van der Waals surface area contributed by atoms with E-state index < -0.39 is 32.9 Å². The van der Waals surface area contributed by atoms with E-state index in [4.69, 9.17) is 9.47 Å². The number of aromatic amines is 1. The number of nitrogens with one attached hydrogen (secondary N) is 3. The fraction of sp³-hybridized carbons (Fsp3) is 0.217. The van der Waals surface area contributed by atoms with E-state index in [1.807, 2.05) is 35.1 Å². The van der Waals surface area contributed by atoms with E-state index in [1.54, 1.807) is 13.8 Å². The number of H-pyrrole nitrogens is 1. The summed E-state index contributed by atoms with van der Waals surface area (Å²) in [5.41, 5.74) is 0.712. The summed E-state index contributed by atoms with van der Waals surface area (Å²) in [5.74, 6) is -1.25. The Morgan fingerprint density at radius 3 is 2.28 bits per heavy atom. The first-order valence-electron chi connectivity index (χ1n) is 10.8. The molecule has 3 rings (SSSR count). The van der Waals surface area contributed by atoms with Gasteiger partial charge < -0.3 is 9.47 Å². The van der Waals surface area contributed by atoms with Crippen molar-refractivity contribution in [2.24, 2.45) is 0 Å². The molecule has 0 aliphatic rings. The first-order valence-corrected chi connectivity index (χ1v) is 13.3. The Morgan fingerprint density at radius 1 is 0.944 bits per heavy atom. The van der Waals surface area contributed by atoms with Gasteiger partial charge in [0.25, 0.3) is 10.0 Å². The molecular formula is C23H24N4O7S2. The molecule has 1 heterocycles. The molecule has 190 valence electrons. The monoisotopic (exact) mass is 532 g/mol. The van der Waals surface area contributed by atoms with Crippen molar-refractivity contribution in [1.82, 2.24) is 14.9 Å². The highest BCUT2D eigenvalue weighted by atomic mass is 32.2. The number of ether oxygens (including phenoxy) is 2. The van der Waals surface area contributed by atoms with Crippen molar-refractivity contribution in [1.29, 1.82) is 0 Å². The number of rotatable bonds is 10. The van der Waals surface area contributed by atoms with Gasteiger partial charge in [0.05, 0.1) is 18.8 Å². The summed E-state index contributed by atoms with van der Waals surface area (Å²) in [4.78, 5) is 36.9. The molecule has 0 saturated carbocycles. The Labute approximate surface area is 212 Å². The van der Waals surface area contributed by atoms with E-state index in [0.717, 1.165) is 5.56 Å². The molecule has 0 spiro atoms. The van der Waals surface area contributed by atoms with E-state index in [-0.39, 0.29) is 35.2 Å². The number of esters is 2. The van der Waals surface area contributed by atoms with Crippen LogP contribution in [-0.2, 0) is 25.2 Å². The number of benzene rings is 2. The number of nitrogens with zero attached hydrogens (tertiary/aromatic N) is 1. The summed E-state index contributed by atoms with van der Waals surface area (Å²) in [6.07, 6.45) is 0. The third-order valence-electron chi connectivity index (χ3n) is 4.57. The van der Waals surface area contributed by atoms with E-state index in [0.29, 0.717) is 5.75 Å². The molecule has 0 unspecified atom stereocenters. The molecule has 0 saturated heterocycles. The lowest BCUT2D eigenvalue weighted by atomic mass is 10.2. The number of hydrogen-bond acceptors (Lipinski definition) is 9. The summed E-state index contributed by atoms with van der Waals surface area (Å²) in [6.45, 7) is 3.33. The van der Waals surface area contributed by atoms with E-state index >= 15 is 0 Å². The van der Waals surface area contributed by atoms with Crippen LogP contribution in [0.1, 0.15) is 40.1 Å². The first kappa shape index (κ1) is 26.8. The normalized spacial score (nSPS) is 10.9. The Balaban J connectivity index is 1.81. The maximum Gasteiger partial charge on any atom is 0.344 e. The lowest BCUT2D eigenvalue weighted by molar-refractivity contribution is 0.0513. The largest absolute Gasteiger partial charge is 0.462 e. The number of carbonyl (C=O) groups is 3. The van der Waals surface area contributed by atoms with E-state index in [2.05, 4.69) is 15.5 Å². The van der Waals surface area contributed by atoms with Crippen LogP contribution >= 0.6 is 11.8 Å². The molecule has 0 aliphatic heterocycles. The van der Waals surface area contributed by atoms with Crippen LogP contribution < -0.4 is 10.0 Å². The molecule has 0 aliphatic carbocycles. The number of hydrogen-bond donors (Lipinski definition) is 3. The zero-order valence-electron chi connectivity index (χ0n) is 19.4. The molecule has 1 aromatic heterocycles. The van der Waals surface area contributed by atoms with Crippen molar-refractivity contribution < 1.29 is 32.3 Å². The number of sulfonamides is 1. The molecule has 2 amide bonds. The van der Waals surface area contributed by atoms with Gasteiger partial charge in [-0.3, -0.25) is 10.4 Å². The minimum Gasteiger partial charge on any atom is -0.462 e. The number of aromatic nitrogens is 2. The molecule has 3 aromatic rings. The quantitative estimate of drug-likeness (QED) is 0.262. The van der Waals surface area contributed by atoms with Gasteiger partial charge in [-0.25, -0.2) is 27.5 Å². The highest BCUT2D eigenvalue weighted by molar-refractivity contribution is 7.98. The molecular weight excluding hydrogens is 508 g/mol. The van der Waals surface area contributed by atoms with Crippen LogP contribution in [0.2, 0.25) is 0 Å². The standard InChI is InChI=1S/C23H24N4O7S2/c1-3-33-21(28)16-12-8-9-13-17(16)36(31,32)27-23(30)24-19-18(22(29)34-4-2)20(26-25-19)35-14-15-10-6-5-7-11-15/h5-13H,3-4,14H2,1-2H3,(H3,24,25,26,27,30). The first-order chi connectivity index (χ1) is 17.3. The number of thioether (sulfide) groups is 1. The fourth-order valence-electron chi connectivity index (χ4n) is 3.03. The average Bonchev–Trinajstić information content (AvgIpc) is 3.25. The molecule has 0 fully saturated rings. The van der Waals surface area contributed by atoms with Gasteiger partial charge in [0.2, 0.25) is 0 Å². The Kier molecular flexibility index (Phi) is 9.08. The molecule has 0 bridgehead atoms. The van der Waals surface area contributed by atoms with Gasteiger partial charge in [-0.15, -0.1) is 0 Å². The average molecular weight is 533 g/mol.